The molecule has 0 fully saturated rings. The summed E-state index contributed by atoms with van der Waals surface area (Å²) in [6, 6.07) is 7.16. The Bertz CT molecular complexity index is 595. The predicted octanol–water partition coefficient (Wildman–Crippen LogP) is 3.20. The summed E-state index contributed by atoms with van der Waals surface area (Å²) in [7, 11) is 1.64. The molecular weight excluding hydrogens is 307 g/mol. The molecule has 2 aromatic rings. The number of aromatic carboxylic acids is 1. The molecule has 2 rings (SSSR count). The van der Waals surface area contributed by atoms with Crippen molar-refractivity contribution in [3.63, 3.8) is 0 Å². The average Bonchev–Trinajstić information content (AvgIpc) is 2.55. The van der Waals surface area contributed by atoms with Gasteiger partial charge in [-0.25, -0.2) is 9.78 Å². The maximum Gasteiger partial charge on any atom is 0.355 e. The highest BCUT2D eigenvalue weighted by atomic mass is 79.9. The van der Waals surface area contributed by atoms with E-state index in [2.05, 4.69) is 20.9 Å². The SMILES string of the molecule is Cn1c(-c2ccccc2Cl)nc(Br)c1C(=O)O. The van der Waals surface area contributed by atoms with E-state index in [1.165, 1.54) is 4.57 Å². The zero-order chi connectivity index (χ0) is 12.6. The molecule has 1 aromatic heterocycles. The number of aromatic nitrogens is 2. The minimum Gasteiger partial charge on any atom is -0.476 e. The van der Waals surface area contributed by atoms with Crippen LogP contribution in [0.25, 0.3) is 11.4 Å². The van der Waals surface area contributed by atoms with Gasteiger partial charge in [0.25, 0.3) is 0 Å². The van der Waals surface area contributed by atoms with E-state index >= 15 is 0 Å². The minimum absolute atomic E-state index is 0.0971. The Kier molecular flexibility index (Phi) is 3.22. The van der Waals surface area contributed by atoms with Crippen molar-refractivity contribution in [2.24, 2.45) is 7.05 Å². The molecule has 0 aliphatic rings. The Hall–Kier alpha value is -1.33. The molecule has 0 unspecified atom stereocenters. The van der Waals surface area contributed by atoms with Crippen LogP contribution in [-0.4, -0.2) is 20.6 Å². The highest BCUT2D eigenvalue weighted by Gasteiger charge is 2.20. The molecule has 0 radical (unpaired) electrons. The van der Waals surface area contributed by atoms with Crippen LogP contribution in [0.5, 0.6) is 0 Å². The maximum atomic E-state index is 11.0. The van der Waals surface area contributed by atoms with Gasteiger partial charge in [-0.15, -0.1) is 0 Å². The Labute approximate surface area is 111 Å². The number of imidazole rings is 1. The van der Waals surface area contributed by atoms with Crippen LogP contribution in [0.2, 0.25) is 5.02 Å². The molecule has 1 aromatic carbocycles. The third-order valence-electron chi connectivity index (χ3n) is 2.37. The smallest absolute Gasteiger partial charge is 0.355 e. The normalized spacial score (nSPS) is 10.5. The molecule has 0 spiro atoms. The van der Waals surface area contributed by atoms with Crippen molar-refractivity contribution < 1.29 is 9.90 Å². The first-order valence-corrected chi connectivity index (χ1v) is 5.90. The topological polar surface area (TPSA) is 55.1 Å². The number of carboxylic acid groups (broad SMARTS) is 1. The monoisotopic (exact) mass is 314 g/mol. The number of carbonyl (C=O) groups is 1. The van der Waals surface area contributed by atoms with Gasteiger partial charge in [-0.3, -0.25) is 0 Å². The third kappa shape index (κ3) is 2.08. The van der Waals surface area contributed by atoms with Gasteiger partial charge in [-0.1, -0.05) is 23.7 Å². The molecule has 0 amide bonds. The van der Waals surface area contributed by atoms with Crippen LogP contribution in [0.4, 0.5) is 0 Å². The van der Waals surface area contributed by atoms with Crippen LogP contribution >= 0.6 is 27.5 Å². The molecule has 0 aliphatic heterocycles. The maximum absolute atomic E-state index is 11.0. The summed E-state index contributed by atoms with van der Waals surface area (Å²) in [6.45, 7) is 0. The zero-order valence-electron chi connectivity index (χ0n) is 8.82. The molecule has 4 nitrogen and oxygen atoms in total. The molecule has 0 bridgehead atoms. The Morgan fingerprint density at radius 2 is 2.12 bits per heavy atom. The lowest BCUT2D eigenvalue weighted by Gasteiger charge is -2.04. The molecule has 0 aliphatic carbocycles. The highest BCUT2D eigenvalue weighted by molar-refractivity contribution is 9.10. The van der Waals surface area contributed by atoms with E-state index in [1.54, 1.807) is 19.2 Å². The molecule has 1 N–H and O–H groups in total. The fraction of sp³-hybridized carbons (Fsp3) is 0.0909. The van der Waals surface area contributed by atoms with E-state index in [9.17, 15) is 4.79 Å². The van der Waals surface area contributed by atoms with E-state index in [1.807, 2.05) is 12.1 Å². The quantitative estimate of drug-likeness (QED) is 0.926. The second-order valence-corrected chi connectivity index (χ2v) is 4.58. The molecule has 17 heavy (non-hydrogen) atoms. The van der Waals surface area contributed by atoms with Gasteiger partial charge in [-0.2, -0.15) is 0 Å². The summed E-state index contributed by atoms with van der Waals surface area (Å²) in [4.78, 5) is 15.2. The van der Waals surface area contributed by atoms with Gasteiger partial charge < -0.3 is 9.67 Å². The summed E-state index contributed by atoms with van der Waals surface area (Å²) in [5.74, 6) is -0.523. The van der Waals surface area contributed by atoms with Crippen LogP contribution < -0.4 is 0 Å². The lowest BCUT2D eigenvalue weighted by Crippen LogP contribution is -2.06. The van der Waals surface area contributed by atoms with E-state index < -0.39 is 5.97 Å². The van der Waals surface area contributed by atoms with Gasteiger partial charge in [0.1, 0.15) is 10.4 Å². The van der Waals surface area contributed by atoms with E-state index in [0.717, 1.165) is 0 Å². The first-order chi connectivity index (χ1) is 8.02. The molecule has 1 heterocycles. The molecular formula is C11H8BrClN2O2. The van der Waals surface area contributed by atoms with Gasteiger partial charge in [0.05, 0.1) is 5.02 Å². The number of nitrogens with zero attached hydrogens (tertiary/aromatic N) is 2. The lowest BCUT2D eigenvalue weighted by molar-refractivity contribution is 0.0685. The van der Waals surface area contributed by atoms with Gasteiger partial charge in [-0.05, 0) is 28.1 Å². The predicted molar refractivity (Wildman–Crippen MR) is 68.3 cm³/mol. The Morgan fingerprint density at radius 1 is 1.47 bits per heavy atom. The average molecular weight is 316 g/mol. The number of halogens is 2. The molecule has 0 saturated heterocycles. The van der Waals surface area contributed by atoms with Crippen LogP contribution in [0.15, 0.2) is 28.9 Å². The zero-order valence-corrected chi connectivity index (χ0v) is 11.2. The van der Waals surface area contributed by atoms with Crippen LogP contribution in [0.1, 0.15) is 10.5 Å². The number of benzene rings is 1. The van der Waals surface area contributed by atoms with E-state index in [0.29, 0.717) is 21.0 Å². The summed E-state index contributed by atoms with van der Waals surface area (Å²) in [6.07, 6.45) is 0. The van der Waals surface area contributed by atoms with E-state index in [4.69, 9.17) is 16.7 Å². The lowest BCUT2D eigenvalue weighted by atomic mass is 10.2. The minimum atomic E-state index is -1.04. The van der Waals surface area contributed by atoms with Crippen molar-refractivity contribution in [1.29, 1.82) is 0 Å². The van der Waals surface area contributed by atoms with Crippen molar-refractivity contribution >= 4 is 33.5 Å². The standard InChI is InChI=1S/C11H8BrClN2O2/c1-15-8(11(16)17)9(12)14-10(15)6-4-2-3-5-7(6)13/h2-5H,1H3,(H,16,17). The van der Waals surface area contributed by atoms with Crippen LogP contribution in [0, 0.1) is 0 Å². The Balaban J connectivity index is 2.66. The van der Waals surface area contributed by atoms with Crippen LogP contribution in [0.3, 0.4) is 0 Å². The second-order valence-electron chi connectivity index (χ2n) is 3.42. The number of hydrogen-bond acceptors (Lipinski definition) is 2. The summed E-state index contributed by atoms with van der Waals surface area (Å²) >= 11 is 9.19. The van der Waals surface area contributed by atoms with Gasteiger partial charge in [0, 0.05) is 12.6 Å². The van der Waals surface area contributed by atoms with Gasteiger partial charge >= 0.3 is 5.97 Å². The van der Waals surface area contributed by atoms with Crippen molar-refractivity contribution in [3.8, 4) is 11.4 Å². The van der Waals surface area contributed by atoms with Crippen molar-refractivity contribution in [3.05, 3.63) is 39.6 Å². The van der Waals surface area contributed by atoms with Crippen LogP contribution in [-0.2, 0) is 7.05 Å². The largest absolute Gasteiger partial charge is 0.476 e. The number of carboxylic acids is 1. The Morgan fingerprint density at radius 3 is 2.65 bits per heavy atom. The molecule has 88 valence electrons. The molecule has 0 saturated carbocycles. The molecule has 6 heteroatoms. The first kappa shape index (κ1) is 12.1. The first-order valence-electron chi connectivity index (χ1n) is 4.72. The highest BCUT2D eigenvalue weighted by Crippen LogP contribution is 2.29. The second kappa shape index (κ2) is 4.50. The fourth-order valence-electron chi connectivity index (χ4n) is 1.58. The number of rotatable bonds is 2. The molecule has 0 atom stereocenters. The third-order valence-corrected chi connectivity index (χ3v) is 3.25. The summed E-state index contributed by atoms with van der Waals surface area (Å²) < 4.78 is 1.79. The van der Waals surface area contributed by atoms with E-state index in [-0.39, 0.29) is 5.69 Å². The van der Waals surface area contributed by atoms with Crippen molar-refractivity contribution in [2.75, 3.05) is 0 Å². The number of hydrogen-bond donors (Lipinski definition) is 1. The summed E-state index contributed by atoms with van der Waals surface area (Å²) in [5.41, 5.74) is 0.796. The summed E-state index contributed by atoms with van der Waals surface area (Å²) in [5, 5.41) is 9.58. The van der Waals surface area contributed by atoms with Crippen molar-refractivity contribution in [1.82, 2.24) is 9.55 Å². The fourth-order valence-corrected chi connectivity index (χ4v) is 2.40. The van der Waals surface area contributed by atoms with Gasteiger partial charge in [0.15, 0.2) is 5.69 Å². The van der Waals surface area contributed by atoms with Crippen molar-refractivity contribution in [2.45, 2.75) is 0 Å². The van der Waals surface area contributed by atoms with Gasteiger partial charge in [0.2, 0.25) is 0 Å².